The average molecular weight is 154 g/mol. The summed E-state index contributed by atoms with van der Waals surface area (Å²) in [7, 11) is 1.45. The Morgan fingerprint density at radius 1 is 1.64 bits per heavy atom. The second-order valence-corrected chi connectivity index (χ2v) is 3.03. The topological polar surface area (TPSA) is 26.3 Å². The molecular weight excluding hydrogens is 140 g/mol. The van der Waals surface area contributed by atoms with Crippen molar-refractivity contribution < 1.29 is 9.53 Å². The molecule has 11 heavy (non-hydrogen) atoms. The van der Waals surface area contributed by atoms with Gasteiger partial charge in [-0.25, -0.2) is 0 Å². The Labute approximate surface area is 67.2 Å². The zero-order valence-electron chi connectivity index (χ0n) is 6.88. The van der Waals surface area contributed by atoms with Crippen LogP contribution in [0.5, 0.6) is 0 Å². The second-order valence-electron chi connectivity index (χ2n) is 3.03. The molecule has 0 saturated heterocycles. The molecule has 1 saturated carbocycles. The average Bonchev–Trinajstić information content (AvgIpc) is 2.50. The highest BCUT2D eigenvalue weighted by Crippen LogP contribution is 2.31. The summed E-state index contributed by atoms with van der Waals surface area (Å²) in [6, 6.07) is 0. The summed E-state index contributed by atoms with van der Waals surface area (Å²) in [4.78, 5) is 11.0. The van der Waals surface area contributed by atoms with E-state index in [1.807, 2.05) is 6.08 Å². The number of hydrogen-bond acceptors (Lipinski definition) is 2. The molecule has 1 aliphatic carbocycles. The summed E-state index contributed by atoms with van der Waals surface area (Å²) in [6.07, 6.45) is 4.91. The molecule has 62 valence electrons. The smallest absolute Gasteiger partial charge is 0.308 e. The van der Waals surface area contributed by atoms with Gasteiger partial charge in [0.05, 0.1) is 13.0 Å². The van der Waals surface area contributed by atoms with Gasteiger partial charge in [0.15, 0.2) is 0 Å². The molecule has 0 aromatic rings. The first kappa shape index (κ1) is 8.31. The van der Waals surface area contributed by atoms with E-state index in [-0.39, 0.29) is 11.9 Å². The number of ether oxygens (including phenoxy) is 1. The van der Waals surface area contributed by atoms with Crippen molar-refractivity contribution in [3.8, 4) is 0 Å². The van der Waals surface area contributed by atoms with Gasteiger partial charge in [0.25, 0.3) is 0 Å². The van der Waals surface area contributed by atoms with E-state index in [9.17, 15) is 4.79 Å². The third kappa shape index (κ3) is 1.82. The van der Waals surface area contributed by atoms with Gasteiger partial charge >= 0.3 is 5.97 Å². The van der Waals surface area contributed by atoms with Crippen molar-refractivity contribution in [2.24, 2.45) is 11.8 Å². The molecule has 2 atom stereocenters. The minimum atomic E-state index is -0.0608. The summed E-state index contributed by atoms with van der Waals surface area (Å²) in [5.74, 6) is 0.594. The Hall–Kier alpha value is -0.790. The summed E-state index contributed by atoms with van der Waals surface area (Å²) in [5.41, 5.74) is 0. The Kier molecular flexibility index (Phi) is 2.69. The van der Waals surface area contributed by atoms with Gasteiger partial charge in [-0.15, -0.1) is 6.58 Å². The fraction of sp³-hybridized carbons (Fsp3) is 0.667. The quantitative estimate of drug-likeness (QED) is 0.447. The van der Waals surface area contributed by atoms with E-state index in [0.29, 0.717) is 5.92 Å². The Morgan fingerprint density at radius 3 is 2.82 bits per heavy atom. The lowest BCUT2D eigenvalue weighted by molar-refractivity contribution is -0.145. The number of allylic oxidation sites excluding steroid dienone is 1. The van der Waals surface area contributed by atoms with Gasteiger partial charge in [0.2, 0.25) is 0 Å². The normalized spacial score (nSPS) is 29.9. The molecule has 1 aliphatic rings. The van der Waals surface area contributed by atoms with Crippen LogP contribution in [-0.4, -0.2) is 13.1 Å². The van der Waals surface area contributed by atoms with E-state index in [1.54, 1.807) is 0 Å². The van der Waals surface area contributed by atoms with Crippen LogP contribution >= 0.6 is 0 Å². The highest BCUT2D eigenvalue weighted by Gasteiger charge is 2.28. The van der Waals surface area contributed by atoms with E-state index in [4.69, 9.17) is 0 Å². The largest absolute Gasteiger partial charge is 0.469 e. The van der Waals surface area contributed by atoms with Crippen LogP contribution in [0.4, 0.5) is 0 Å². The van der Waals surface area contributed by atoms with Crippen LogP contribution in [-0.2, 0) is 9.53 Å². The summed E-state index contributed by atoms with van der Waals surface area (Å²) in [5, 5.41) is 0. The number of methoxy groups -OCH3 is 1. The molecule has 2 heteroatoms. The van der Waals surface area contributed by atoms with Gasteiger partial charge < -0.3 is 4.74 Å². The first-order valence-corrected chi connectivity index (χ1v) is 3.98. The standard InChI is InChI=1S/C9H14O2/c1-3-7-4-5-8(6-7)9(10)11-2/h3,7-8H,1,4-6H2,2H3. The molecule has 0 N–H and O–H groups in total. The molecule has 0 heterocycles. The highest BCUT2D eigenvalue weighted by molar-refractivity contribution is 5.72. The lowest BCUT2D eigenvalue weighted by atomic mass is 10.1. The third-order valence-corrected chi connectivity index (χ3v) is 2.34. The van der Waals surface area contributed by atoms with Gasteiger partial charge in [-0.3, -0.25) is 4.79 Å². The van der Waals surface area contributed by atoms with Crippen molar-refractivity contribution in [2.75, 3.05) is 7.11 Å². The van der Waals surface area contributed by atoms with Crippen LogP contribution in [0.25, 0.3) is 0 Å². The number of carbonyl (C=O) groups is 1. The van der Waals surface area contributed by atoms with Crippen LogP contribution in [0.1, 0.15) is 19.3 Å². The van der Waals surface area contributed by atoms with Crippen LogP contribution < -0.4 is 0 Å². The van der Waals surface area contributed by atoms with Gasteiger partial charge in [-0.2, -0.15) is 0 Å². The molecule has 0 aromatic carbocycles. The lowest BCUT2D eigenvalue weighted by Crippen LogP contribution is -2.12. The molecule has 0 bridgehead atoms. The lowest BCUT2D eigenvalue weighted by Gasteiger charge is -2.05. The molecule has 0 aromatic heterocycles. The van der Waals surface area contributed by atoms with E-state index in [2.05, 4.69) is 11.3 Å². The molecular formula is C9H14O2. The predicted octanol–water partition coefficient (Wildman–Crippen LogP) is 1.76. The van der Waals surface area contributed by atoms with Crippen LogP contribution in [0.15, 0.2) is 12.7 Å². The van der Waals surface area contributed by atoms with Crippen molar-refractivity contribution >= 4 is 5.97 Å². The zero-order valence-corrected chi connectivity index (χ0v) is 6.88. The number of carbonyl (C=O) groups excluding carboxylic acids is 1. The molecule has 2 unspecified atom stereocenters. The summed E-state index contributed by atoms with van der Waals surface area (Å²) in [6.45, 7) is 3.71. The Morgan fingerprint density at radius 2 is 2.36 bits per heavy atom. The van der Waals surface area contributed by atoms with E-state index in [1.165, 1.54) is 7.11 Å². The zero-order chi connectivity index (χ0) is 8.27. The molecule has 2 nitrogen and oxygen atoms in total. The number of esters is 1. The first-order chi connectivity index (χ1) is 5.27. The van der Waals surface area contributed by atoms with E-state index < -0.39 is 0 Å². The fourth-order valence-electron chi connectivity index (χ4n) is 1.61. The second kappa shape index (κ2) is 3.56. The monoisotopic (exact) mass is 154 g/mol. The first-order valence-electron chi connectivity index (χ1n) is 3.98. The molecule has 1 rings (SSSR count). The predicted molar refractivity (Wildman–Crippen MR) is 43.0 cm³/mol. The third-order valence-electron chi connectivity index (χ3n) is 2.34. The van der Waals surface area contributed by atoms with Crippen molar-refractivity contribution in [3.63, 3.8) is 0 Å². The van der Waals surface area contributed by atoms with Gasteiger partial charge in [-0.1, -0.05) is 6.08 Å². The van der Waals surface area contributed by atoms with Gasteiger partial charge in [0, 0.05) is 0 Å². The summed E-state index contributed by atoms with van der Waals surface area (Å²) >= 11 is 0. The SMILES string of the molecule is C=CC1CCC(C(=O)OC)C1. The Balaban J connectivity index is 2.41. The van der Waals surface area contributed by atoms with Gasteiger partial charge in [-0.05, 0) is 25.2 Å². The molecule has 0 radical (unpaired) electrons. The molecule has 0 amide bonds. The van der Waals surface area contributed by atoms with E-state index >= 15 is 0 Å². The van der Waals surface area contributed by atoms with Gasteiger partial charge in [0.1, 0.15) is 0 Å². The Bertz CT molecular complexity index is 163. The maximum absolute atomic E-state index is 11.0. The minimum Gasteiger partial charge on any atom is -0.469 e. The molecule has 0 aliphatic heterocycles. The highest BCUT2D eigenvalue weighted by atomic mass is 16.5. The fourth-order valence-corrected chi connectivity index (χ4v) is 1.61. The number of hydrogen-bond donors (Lipinski definition) is 0. The van der Waals surface area contributed by atoms with E-state index in [0.717, 1.165) is 19.3 Å². The number of rotatable bonds is 2. The maximum Gasteiger partial charge on any atom is 0.308 e. The minimum absolute atomic E-state index is 0.0608. The molecule has 1 fully saturated rings. The van der Waals surface area contributed by atoms with Crippen molar-refractivity contribution in [3.05, 3.63) is 12.7 Å². The maximum atomic E-state index is 11.0. The van der Waals surface area contributed by atoms with Crippen LogP contribution in [0.3, 0.4) is 0 Å². The van der Waals surface area contributed by atoms with Crippen molar-refractivity contribution in [1.82, 2.24) is 0 Å². The summed E-state index contributed by atoms with van der Waals surface area (Å²) < 4.78 is 4.65. The van der Waals surface area contributed by atoms with Crippen molar-refractivity contribution in [2.45, 2.75) is 19.3 Å². The molecule has 0 spiro atoms. The van der Waals surface area contributed by atoms with Crippen LogP contribution in [0.2, 0.25) is 0 Å². The van der Waals surface area contributed by atoms with Crippen molar-refractivity contribution in [1.29, 1.82) is 0 Å². The van der Waals surface area contributed by atoms with Crippen LogP contribution in [0, 0.1) is 11.8 Å².